The molecule has 1 saturated heterocycles. The van der Waals surface area contributed by atoms with Crippen LogP contribution < -0.4 is 5.32 Å². The van der Waals surface area contributed by atoms with E-state index in [2.05, 4.69) is 10.2 Å². The Labute approximate surface area is 236 Å². The van der Waals surface area contributed by atoms with Gasteiger partial charge >= 0.3 is 6.18 Å². The number of halogens is 5. The van der Waals surface area contributed by atoms with E-state index < -0.39 is 22.8 Å². The van der Waals surface area contributed by atoms with Crippen molar-refractivity contribution in [3.63, 3.8) is 0 Å². The van der Waals surface area contributed by atoms with Crippen molar-refractivity contribution in [3.05, 3.63) is 106 Å². The molecule has 40 heavy (non-hydrogen) atoms. The predicted octanol–water partition coefficient (Wildman–Crippen LogP) is 6.10. The Hall–Kier alpha value is -2.94. The molecule has 3 aromatic rings. The maximum atomic E-state index is 13.5. The number of nitrogens with zero attached hydrogens (tertiary/aromatic N) is 1. The molecule has 0 unspecified atom stereocenters. The van der Waals surface area contributed by atoms with Crippen LogP contribution in [0.3, 0.4) is 0 Å². The first-order valence-corrected chi connectivity index (χ1v) is 13.8. The minimum Gasteiger partial charge on any atom is -0.385 e. The largest absolute Gasteiger partial charge is 0.417 e. The van der Waals surface area contributed by atoms with Crippen molar-refractivity contribution in [3.8, 4) is 0 Å². The number of aliphatic hydroxyl groups is 1. The van der Waals surface area contributed by atoms with E-state index in [1.807, 2.05) is 30.3 Å². The lowest BCUT2D eigenvalue weighted by Gasteiger charge is -2.39. The Morgan fingerprint density at radius 1 is 1.00 bits per heavy atom. The van der Waals surface area contributed by atoms with Crippen LogP contribution in [0.25, 0.3) is 0 Å². The van der Waals surface area contributed by atoms with Crippen LogP contribution >= 0.6 is 11.6 Å². The molecule has 2 aliphatic rings. The molecule has 4 nitrogen and oxygen atoms in total. The number of hydrogen-bond donors (Lipinski definition) is 2. The fourth-order valence-electron chi connectivity index (χ4n) is 5.92. The van der Waals surface area contributed by atoms with Gasteiger partial charge < -0.3 is 15.3 Å². The second kappa shape index (κ2) is 11.1. The van der Waals surface area contributed by atoms with Gasteiger partial charge in [-0.25, -0.2) is 4.39 Å². The highest BCUT2D eigenvalue weighted by atomic mass is 35.5. The summed E-state index contributed by atoms with van der Waals surface area (Å²) < 4.78 is 53.3. The third-order valence-electron chi connectivity index (χ3n) is 8.38. The molecule has 9 heteroatoms. The lowest BCUT2D eigenvalue weighted by Crippen LogP contribution is -2.44. The highest BCUT2D eigenvalue weighted by Gasteiger charge is 2.61. The van der Waals surface area contributed by atoms with Crippen LogP contribution in [0.4, 0.5) is 17.6 Å². The SMILES string of the molecule is O=C(NCCc1ccc(F)cc1)[C@@]1(c2ccccc2)C[C@H]1CN1CCC(O)(c2ccc(Cl)c(C(F)(F)F)c2)CC1. The molecule has 1 amide bonds. The van der Waals surface area contributed by atoms with Crippen LogP contribution in [-0.2, 0) is 28.4 Å². The van der Waals surface area contributed by atoms with Gasteiger partial charge in [0.25, 0.3) is 0 Å². The number of hydrogen-bond acceptors (Lipinski definition) is 3. The minimum absolute atomic E-state index is 0.0415. The van der Waals surface area contributed by atoms with Crippen molar-refractivity contribution in [1.82, 2.24) is 10.2 Å². The quantitative estimate of drug-likeness (QED) is 0.320. The first kappa shape index (κ1) is 28.6. The topological polar surface area (TPSA) is 52.6 Å². The van der Waals surface area contributed by atoms with Crippen LogP contribution in [-0.4, -0.2) is 42.1 Å². The number of carbonyl (C=O) groups excluding carboxylic acids is 1. The van der Waals surface area contributed by atoms with Crippen LogP contribution in [0.15, 0.2) is 72.8 Å². The van der Waals surface area contributed by atoms with Crippen molar-refractivity contribution in [2.24, 2.45) is 5.92 Å². The molecule has 2 fully saturated rings. The number of amides is 1. The van der Waals surface area contributed by atoms with E-state index in [1.165, 1.54) is 24.3 Å². The van der Waals surface area contributed by atoms with Crippen molar-refractivity contribution < 1.29 is 27.5 Å². The molecule has 2 N–H and O–H groups in total. The number of nitrogens with one attached hydrogen (secondary N) is 1. The Bertz CT molecular complexity index is 1340. The molecule has 0 radical (unpaired) electrons. The first-order chi connectivity index (χ1) is 19.0. The zero-order valence-electron chi connectivity index (χ0n) is 21.9. The second-order valence-electron chi connectivity index (χ2n) is 10.9. The van der Waals surface area contributed by atoms with E-state index in [0.29, 0.717) is 39.0 Å². The number of alkyl halides is 3. The molecule has 212 valence electrons. The molecule has 1 aliphatic heterocycles. The number of piperidine rings is 1. The van der Waals surface area contributed by atoms with E-state index in [0.717, 1.165) is 17.2 Å². The van der Waals surface area contributed by atoms with E-state index in [9.17, 15) is 27.5 Å². The fourth-order valence-corrected chi connectivity index (χ4v) is 6.14. The normalized spacial score (nSPS) is 22.6. The molecule has 0 aromatic heterocycles. The predicted molar refractivity (Wildman–Crippen MR) is 145 cm³/mol. The molecule has 3 aromatic carbocycles. The summed E-state index contributed by atoms with van der Waals surface area (Å²) >= 11 is 5.77. The molecule has 1 aliphatic carbocycles. The highest BCUT2D eigenvalue weighted by molar-refractivity contribution is 6.31. The lowest BCUT2D eigenvalue weighted by atomic mass is 9.83. The van der Waals surface area contributed by atoms with Crippen LogP contribution in [0.2, 0.25) is 5.02 Å². The Morgan fingerprint density at radius 3 is 2.33 bits per heavy atom. The summed E-state index contributed by atoms with van der Waals surface area (Å²) in [6.07, 6.45) is -2.77. The summed E-state index contributed by atoms with van der Waals surface area (Å²) in [5.41, 5.74) is -0.873. The summed E-state index contributed by atoms with van der Waals surface area (Å²) in [7, 11) is 0. The molecule has 0 spiro atoms. The monoisotopic (exact) mass is 574 g/mol. The standard InChI is InChI=1S/C31H31ClF4N2O2/c32-27-11-8-23(18-26(27)31(34,35)36)29(40)13-16-38(17-14-29)20-24-19-30(24,22-4-2-1-3-5-22)28(39)37-15-12-21-6-9-25(33)10-7-21/h1-11,18,24,40H,12-17,19-20H2,(H,37,39)/t24-,30+/m0/s1. The summed E-state index contributed by atoms with van der Waals surface area (Å²) in [5.74, 6) is -0.272. The zero-order chi connectivity index (χ0) is 28.5. The third kappa shape index (κ3) is 5.90. The molecule has 0 bridgehead atoms. The van der Waals surface area contributed by atoms with Crippen molar-refractivity contribution >= 4 is 17.5 Å². The van der Waals surface area contributed by atoms with Crippen LogP contribution in [0.5, 0.6) is 0 Å². The summed E-state index contributed by atoms with van der Waals surface area (Å²) in [6.45, 7) is 2.07. The van der Waals surface area contributed by atoms with Gasteiger partial charge in [0.05, 0.1) is 21.6 Å². The molecular weight excluding hydrogens is 544 g/mol. The van der Waals surface area contributed by atoms with Gasteiger partial charge in [0.15, 0.2) is 0 Å². The number of benzene rings is 3. The van der Waals surface area contributed by atoms with Crippen LogP contribution in [0.1, 0.15) is 41.5 Å². The van der Waals surface area contributed by atoms with Gasteiger partial charge in [0.1, 0.15) is 5.82 Å². The smallest absolute Gasteiger partial charge is 0.385 e. The van der Waals surface area contributed by atoms with Gasteiger partial charge in [0.2, 0.25) is 5.91 Å². The average Bonchev–Trinajstić information content (AvgIpc) is 3.66. The number of likely N-dealkylation sites (tertiary alicyclic amines) is 1. The molecule has 1 saturated carbocycles. The Kier molecular flexibility index (Phi) is 7.97. The van der Waals surface area contributed by atoms with Crippen molar-refractivity contribution in [1.29, 1.82) is 0 Å². The van der Waals surface area contributed by atoms with Crippen LogP contribution in [0, 0.1) is 11.7 Å². The highest BCUT2D eigenvalue weighted by Crippen LogP contribution is 2.55. The van der Waals surface area contributed by atoms with E-state index in [4.69, 9.17) is 11.6 Å². The van der Waals surface area contributed by atoms with Gasteiger partial charge in [-0.3, -0.25) is 4.79 Å². The van der Waals surface area contributed by atoms with Gasteiger partial charge in [-0.1, -0.05) is 60.1 Å². The maximum Gasteiger partial charge on any atom is 0.417 e. The molecule has 2 atom stereocenters. The van der Waals surface area contributed by atoms with Gasteiger partial charge in [0, 0.05) is 26.2 Å². The van der Waals surface area contributed by atoms with Crippen molar-refractivity contribution in [2.45, 2.75) is 42.9 Å². The third-order valence-corrected chi connectivity index (χ3v) is 8.71. The van der Waals surface area contributed by atoms with Gasteiger partial charge in [-0.15, -0.1) is 0 Å². The molecule has 5 rings (SSSR count). The number of rotatable bonds is 8. The average molecular weight is 575 g/mol. The van der Waals surface area contributed by atoms with E-state index in [-0.39, 0.29) is 41.1 Å². The maximum absolute atomic E-state index is 13.5. The lowest BCUT2D eigenvalue weighted by molar-refractivity contribution is -0.137. The Balaban J connectivity index is 1.22. The first-order valence-electron chi connectivity index (χ1n) is 13.4. The zero-order valence-corrected chi connectivity index (χ0v) is 22.6. The summed E-state index contributed by atoms with van der Waals surface area (Å²) in [4.78, 5) is 15.7. The minimum atomic E-state index is -4.60. The van der Waals surface area contributed by atoms with Gasteiger partial charge in [-0.05, 0) is 72.6 Å². The van der Waals surface area contributed by atoms with E-state index in [1.54, 1.807) is 12.1 Å². The van der Waals surface area contributed by atoms with E-state index >= 15 is 0 Å². The van der Waals surface area contributed by atoms with Crippen molar-refractivity contribution in [2.75, 3.05) is 26.2 Å². The second-order valence-corrected chi connectivity index (χ2v) is 11.3. The summed E-state index contributed by atoms with van der Waals surface area (Å²) in [5, 5.41) is 13.9. The Morgan fingerprint density at radius 2 is 1.68 bits per heavy atom. The molecular formula is C31H31ClF4N2O2. The fraction of sp³-hybridized carbons (Fsp3) is 0.387. The number of carbonyl (C=O) groups is 1. The molecule has 1 heterocycles. The van der Waals surface area contributed by atoms with Gasteiger partial charge in [-0.2, -0.15) is 13.2 Å². The summed E-state index contributed by atoms with van der Waals surface area (Å²) in [6, 6.07) is 19.5.